The minimum Gasteiger partial charge on any atom is -0.497 e. The molecule has 0 spiro atoms. The van der Waals surface area contributed by atoms with Gasteiger partial charge in [-0.1, -0.05) is 12.5 Å². The lowest BCUT2D eigenvalue weighted by molar-refractivity contribution is -0.149. The molecule has 0 aliphatic carbocycles. The summed E-state index contributed by atoms with van der Waals surface area (Å²) in [6.07, 6.45) is 5.21. The summed E-state index contributed by atoms with van der Waals surface area (Å²) in [7, 11) is -6.53. The molecule has 41 heavy (non-hydrogen) atoms. The van der Waals surface area contributed by atoms with E-state index in [2.05, 4.69) is 19.8 Å². The Labute approximate surface area is 244 Å². The molecule has 1 unspecified atom stereocenters. The average molecular weight is 627 g/mol. The lowest BCUT2D eigenvalue weighted by Gasteiger charge is -2.17. The maximum atomic E-state index is 12.8. The fraction of sp³-hybridized carbons (Fsp3) is 0.423. The molecule has 1 heterocycles. The number of carbonyl (C=O) groups is 2. The standard InChI is InChI=1S/C26H34N4O8S3/c1-37-20-10-12-21(13-11-20)40(33,34)29-23(14-16-39-2)26(32)38-18-25(31)28-19-7-6-8-22(17-19)41(35,36)30-24-9-4-3-5-15-27-24/h6-8,10-13,17,23,29H,3-5,9,14-16,18H2,1-2H3,(H,27,30)(H,28,31). The molecule has 0 radical (unpaired) electrons. The number of carbonyl (C=O) groups excluding carboxylic acids is 2. The normalized spacial score (nSPS) is 14.7. The Morgan fingerprint density at radius 3 is 2.46 bits per heavy atom. The van der Waals surface area contributed by atoms with Crippen LogP contribution in [-0.2, 0) is 34.4 Å². The number of esters is 1. The maximum Gasteiger partial charge on any atom is 0.324 e. The summed E-state index contributed by atoms with van der Waals surface area (Å²) in [4.78, 5) is 29.4. The molecule has 0 saturated heterocycles. The van der Waals surface area contributed by atoms with Crippen molar-refractivity contribution >= 4 is 55.2 Å². The van der Waals surface area contributed by atoms with E-state index in [1.165, 1.54) is 67.4 Å². The van der Waals surface area contributed by atoms with Crippen LogP contribution in [0.1, 0.15) is 32.1 Å². The van der Waals surface area contributed by atoms with Gasteiger partial charge < -0.3 is 14.8 Å². The Kier molecular flexibility index (Phi) is 12.0. The Hall–Kier alpha value is -3.14. The molecule has 0 aromatic heterocycles. The van der Waals surface area contributed by atoms with Crippen LogP contribution in [-0.4, -0.2) is 72.9 Å². The van der Waals surface area contributed by atoms with Gasteiger partial charge in [-0.25, -0.2) is 16.8 Å². The predicted molar refractivity (Wildman–Crippen MR) is 157 cm³/mol. The molecule has 1 aliphatic rings. The number of benzene rings is 2. The van der Waals surface area contributed by atoms with Crippen molar-refractivity contribution in [2.45, 2.75) is 47.9 Å². The molecule has 1 atom stereocenters. The second-order valence-electron chi connectivity index (χ2n) is 9.06. The summed E-state index contributed by atoms with van der Waals surface area (Å²) in [6, 6.07) is 10.1. The van der Waals surface area contributed by atoms with Crippen LogP contribution in [0.5, 0.6) is 5.75 Å². The van der Waals surface area contributed by atoms with Crippen LogP contribution in [0.4, 0.5) is 5.69 Å². The highest BCUT2D eigenvalue weighted by atomic mass is 32.2. The molecule has 1 aliphatic heterocycles. The van der Waals surface area contributed by atoms with Crippen LogP contribution >= 0.6 is 11.8 Å². The van der Waals surface area contributed by atoms with E-state index in [1.807, 2.05) is 6.26 Å². The summed E-state index contributed by atoms with van der Waals surface area (Å²) in [5, 5.41) is 2.50. The maximum absolute atomic E-state index is 12.8. The molecule has 1 amide bonds. The van der Waals surface area contributed by atoms with Crippen LogP contribution in [0, 0.1) is 0 Å². The first-order valence-corrected chi connectivity index (χ1v) is 17.2. The highest BCUT2D eigenvalue weighted by Gasteiger charge is 2.27. The SMILES string of the molecule is COc1ccc(S(=O)(=O)NC(CCSC)C(=O)OCC(=O)Nc2cccc(S(=O)(=O)NC3=NCCCCC3)c2)cc1. The minimum atomic E-state index is -4.07. The Morgan fingerprint density at radius 2 is 1.76 bits per heavy atom. The van der Waals surface area contributed by atoms with Gasteiger partial charge in [-0.2, -0.15) is 16.5 Å². The van der Waals surface area contributed by atoms with E-state index in [4.69, 9.17) is 9.47 Å². The van der Waals surface area contributed by atoms with Crippen LogP contribution in [0.25, 0.3) is 0 Å². The molecule has 12 nitrogen and oxygen atoms in total. The Morgan fingerprint density at radius 1 is 1.00 bits per heavy atom. The van der Waals surface area contributed by atoms with E-state index in [-0.39, 0.29) is 21.9 Å². The number of amides is 1. The minimum absolute atomic E-state index is 0.0616. The van der Waals surface area contributed by atoms with E-state index >= 15 is 0 Å². The molecule has 15 heteroatoms. The van der Waals surface area contributed by atoms with Gasteiger partial charge in [0.15, 0.2) is 6.61 Å². The van der Waals surface area contributed by atoms with Gasteiger partial charge in [0.1, 0.15) is 17.6 Å². The highest BCUT2D eigenvalue weighted by molar-refractivity contribution is 7.98. The first-order valence-electron chi connectivity index (χ1n) is 12.8. The molecular formula is C26H34N4O8S3. The third-order valence-corrected chi connectivity index (χ3v) is 9.47. The van der Waals surface area contributed by atoms with E-state index in [1.54, 1.807) is 0 Å². The molecule has 2 aromatic rings. The number of amidine groups is 1. The lowest BCUT2D eigenvalue weighted by atomic mass is 10.2. The van der Waals surface area contributed by atoms with E-state index in [9.17, 15) is 26.4 Å². The summed E-state index contributed by atoms with van der Waals surface area (Å²) >= 11 is 1.42. The quantitative estimate of drug-likeness (QED) is 0.283. The van der Waals surface area contributed by atoms with Gasteiger partial charge in [0.2, 0.25) is 10.0 Å². The number of rotatable bonds is 13. The number of sulfonamides is 2. The second kappa shape index (κ2) is 15.2. The molecule has 2 aromatic carbocycles. The number of nitrogens with one attached hydrogen (secondary N) is 3. The van der Waals surface area contributed by atoms with Crippen molar-refractivity contribution in [2.24, 2.45) is 4.99 Å². The van der Waals surface area contributed by atoms with Gasteiger partial charge in [0.05, 0.1) is 16.9 Å². The van der Waals surface area contributed by atoms with E-state index < -0.39 is 44.6 Å². The zero-order valence-electron chi connectivity index (χ0n) is 22.8. The van der Waals surface area contributed by atoms with Gasteiger partial charge in [-0.15, -0.1) is 0 Å². The third-order valence-electron chi connectivity index (χ3n) is 5.96. The number of hydrogen-bond acceptors (Lipinski definition) is 10. The average Bonchev–Trinajstić information content (AvgIpc) is 3.22. The molecule has 224 valence electrons. The summed E-state index contributed by atoms with van der Waals surface area (Å²) in [6.45, 7) is -0.140. The van der Waals surface area contributed by atoms with Gasteiger partial charge in [0, 0.05) is 18.7 Å². The van der Waals surface area contributed by atoms with Crippen molar-refractivity contribution in [3.8, 4) is 5.75 Å². The lowest BCUT2D eigenvalue weighted by Crippen LogP contribution is -2.43. The fourth-order valence-corrected chi connectivity index (χ4v) is 6.64. The van der Waals surface area contributed by atoms with Gasteiger partial charge >= 0.3 is 5.97 Å². The topological polar surface area (TPSA) is 169 Å². The van der Waals surface area contributed by atoms with Crippen molar-refractivity contribution in [3.63, 3.8) is 0 Å². The molecule has 0 bridgehead atoms. The number of hydrogen-bond donors (Lipinski definition) is 3. The summed E-state index contributed by atoms with van der Waals surface area (Å²) in [5.41, 5.74) is 0.177. The van der Waals surface area contributed by atoms with Crippen LogP contribution < -0.4 is 19.5 Å². The Balaban J connectivity index is 1.60. The monoisotopic (exact) mass is 626 g/mol. The smallest absolute Gasteiger partial charge is 0.324 e. The van der Waals surface area contributed by atoms with Gasteiger partial charge in [-0.3, -0.25) is 19.3 Å². The summed E-state index contributed by atoms with van der Waals surface area (Å²) in [5.74, 6) is -0.311. The molecular weight excluding hydrogens is 593 g/mol. The van der Waals surface area contributed by atoms with Crippen LogP contribution in [0.2, 0.25) is 0 Å². The largest absolute Gasteiger partial charge is 0.497 e. The number of thioether (sulfide) groups is 1. The third kappa shape index (κ3) is 10.0. The summed E-state index contributed by atoms with van der Waals surface area (Å²) < 4.78 is 66.4. The molecule has 3 N–H and O–H groups in total. The fourth-order valence-electron chi connectivity index (χ4n) is 3.82. The Bertz CT molecular complexity index is 1450. The van der Waals surface area contributed by atoms with E-state index in [0.717, 1.165) is 19.3 Å². The van der Waals surface area contributed by atoms with E-state index in [0.29, 0.717) is 30.3 Å². The molecule has 0 saturated carbocycles. The number of anilines is 1. The highest BCUT2D eigenvalue weighted by Crippen LogP contribution is 2.18. The number of methoxy groups -OCH3 is 1. The predicted octanol–water partition coefficient (Wildman–Crippen LogP) is 2.53. The first-order chi connectivity index (χ1) is 19.5. The van der Waals surface area contributed by atoms with Crippen molar-refractivity contribution in [1.29, 1.82) is 0 Å². The van der Waals surface area contributed by atoms with Gasteiger partial charge in [-0.05, 0) is 73.7 Å². The number of aliphatic imine (C=N–C) groups is 1. The van der Waals surface area contributed by atoms with Crippen molar-refractivity contribution in [2.75, 3.05) is 37.6 Å². The van der Waals surface area contributed by atoms with Crippen molar-refractivity contribution in [1.82, 2.24) is 9.44 Å². The van der Waals surface area contributed by atoms with Crippen molar-refractivity contribution in [3.05, 3.63) is 48.5 Å². The zero-order chi connectivity index (χ0) is 29.9. The van der Waals surface area contributed by atoms with Gasteiger partial charge in [0.25, 0.3) is 15.9 Å². The van der Waals surface area contributed by atoms with Crippen molar-refractivity contribution < 1.29 is 35.9 Å². The second-order valence-corrected chi connectivity index (χ2v) is 13.4. The van der Waals surface area contributed by atoms with Crippen LogP contribution in [0.3, 0.4) is 0 Å². The van der Waals surface area contributed by atoms with Crippen LogP contribution in [0.15, 0.2) is 63.3 Å². The zero-order valence-corrected chi connectivity index (χ0v) is 25.2. The first kappa shape index (κ1) is 32.4. The molecule has 0 fully saturated rings. The number of nitrogens with zero attached hydrogens (tertiary/aromatic N) is 1. The number of ether oxygens (including phenoxy) is 2. The molecule has 3 rings (SSSR count).